The van der Waals surface area contributed by atoms with Gasteiger partial charge in [0.2, 0.25) is 0 Å². The van der Waals surface area contributed by atoms with Gasteiger partial charge in [-0.15, -0.1) is 11.3 Å². The number of rotatable bonds is 4. The number of nitrogens with zero attached hydrogens (tertiary/aromatic N) is 4. The Bertz CT molecular complexity index is 1360. The maximum atomic E-state index is 13.5. The summed E-state index contributed by atoms with van der Waals surface area (Å²) in [6.45, 7) is 5.50. The monoisotopic (exact) mass is 462 g/mol. The lowest BCUT2D eigenvalue weighted by molar-refractivity contribution is -0.126. The summed E-state index contributed by atoms with van der Waals surface area (Å²) in [5, 5.41) is 9.96. The highest BCUT2D eigenvalue weighted by atomic mass is 32.1. The van der Waals surface area contributed by atoms with Gasteiger partial charge in [-0.05, 0) is 42.4 Å². The van der Waals surface area contributed by atoms with Crippen LogP contribution in [0, 0.1) is 17.1 Å². The molecule has 0 aliphatic carbocycles. The van der Waals surface area contributed by atoms with Crippen molar-refractivity contribution in [1.82, 2.24) is 14.4 Å². The quantitative estimate of drug-likeness (QED) is 0.592. The summed E-state index contributed by atoms with van der Waals surface area (Å²) < 4.78 is 15.5. The van der Waals surface area contributed by atoms with Gasteiger partial charge in [0.15, 0.2) is 5.57 Å². The second-order valence-corrected chi connectivity index (χ2v) is 8.69. The predicted octanol–water partition coefficient (Wildman–Crippen LogP) is 1.71. The largest absolute Gasteiger partial charge is 0.335 e. The molecule has 0 N–H and O–H groups in total. The van der Waals surface area contributed by atoms with Crippen LogP contribution in [0.2, 0.25) is 0 Å². The van der Waals surface area contributed by atoms with E-state index in [0.29, 0.717) is 23.3 Å². The average Bonchev–Trinajstić information content (AvgIpc) is 3.16. The van der Waals surface area contributed by atoms with Crippen molar-refractivity contribution in [3.8, 4) is 11.8 Å². The third-order valence-electron chi connectivity index (χ3n) is 5.65. The first-order valence-corrected chi connectivity index (χ1v) is 11.5. The molecule has 8 heteroatoms. The van der Waals surface area contributed by atoms with E-state index < -0.39 is 11.7 Å². The molecule has 0 radical (unpaired) electrons. The van der Waals surface area contributed by atoms with Crippen LogP contribution >= 0.6 is 11.3 Å². The minimum atomic E-state index is -0.436. The van der Waals surface area contributed by atoms with Crippen LogP contribution in [0.15, 0.2) is 59.4 Å². The fourth-order valence-corrected chi connectivity index (χ4v) is 4.88. The maximum absolute atomic E-state index is 13.5. The molecule has 0 spiro atoms. The topological polar surface area (TPSA) is 69.3 Å². The van der Waals surface area contributed by atoms with Crippen molar-refractivity contribution in [3.63, 3.8) is 0 Å². The zero-order valence-corrected chi connectivity index (χ0v) is 19.0. The summed E-state index contributed by atoms with van der Waals surface area (Å²) in [6, 6.07) is 16.8. The van der Waals surface area contributed by atoms with Crippen molar-refractivity contribution in [2.75, 3.05) is 32.7 Å². The van der Waals surface area contributed by atoms with Crippen molar-refractivity contribution in [2.45, 2.75) is 6.92 Å². The SMILES string of the molecule is CCN1CCN(C(=O)/C(C#N)=c2\s/c(=C/c3ccccc3)c(=O)n2-c2ccc(F)cc2)CC1. The van der Waals surface area contributed by atoms with Gasteiger partial charge in [0, 0.05) is 26.2 Å². The third-order valence-corrected chi connectivity index (χ3v) is 6.74. The third kappa shape index (κ3) is 4.80. The number of likely N-dealkylation sites (N-methyl/N-ethyl adjacent to an activating group) is 1. The van der Waals surface area contributed by atoms with Gasteiger partial charge < -0.3 is 9.80 Å². The number of hydrogen-bond donors (Lipinski definition) is 0. The summed E-state index contributed by atoms with van der Waals surface area (Å²) in [6.07, 6.45) is 1.73. The molecule has 1 amide bonds. The fourth-order valence-electron chi connectivity index (χ4n) is 3.79. The molecule has 6 nitrogen and oxygen atoms in total. The van der Waals surface area contributed by atoms with Crippen molar-refractivity contribution >= 4 is 28.9 Å². The van der Waals surface area contributed by atoms with Crippen LogP contribution in [0.25, 0.3) is 17.3 Å². The second kappa shape index (κ2) is 9.94. The molecule has 1 fully saturated rings. The number of aromatic nitrogens is 1. The molecule has 2 heterocycles. The van der Waals surface area contributed by atoms with E-state index in [2.05, 4.69) is 11.8 Å². The van der Waals surface area contributed by atoms with Crippen molar-refractivity contribution in [1.29, 1.82) is 5.26 Å². The van der Waals surface area contributed by atoms with Gasteiger partial charge in [-0.1, -0.05) is 37.3 Å². The van der Waals surface area contributed by atoms with Gasteiger partial charge in [0.1, 0.15) is 16.5 Å². The minimum Gasteiger partial charge on any atom is -0.335 e. The van der Waals surface area contributed by atoms with Crippen LogP contribution in [0.5, 0.6) is 0 Å². The van der Waals surface area contributed by atoms with Crippen molar-refractivity contribution < 1.29 is 9.18 Å². The number of piperazine rings is 1. The Morgan fingerprint density at radius 2 is 1.76 bits per heavy atom. The second-order valence-electron chi connectivity index (χ2n) is 7.66. The molecule has 1 aliphatic rings. The Morgan fingerprint density at radius 1 is 1.09 bits per heavy atom. The number of nitriles is 1. The van der Waals surface area contributed by atoms with Crippen LogP contribution in [-0.4, -0.2) is 53.0 Å². The molecule has 1 aliphatic heterocycles. The number of amides is 1. The normalized spacial score (nSPS) is 15.9. The molecule has 0 unspecified atom stereocenters. The summed E-state index contributed by atoms with van der Waals surface area (Å²) >= 11 is 1.09. The van der Waals surface area contributed by atoms with E-state index in [1.54, 1.807) is 11.0 Å². The Hall–Kier alpha value is -3.54. The molecule has 33 heavy (non-hydrogen) atoms. The van der Waals surface area contributed by atoms with Gasteiger partial charge in [-0.3, -0.25) is 14.2 Å². The number of benzene rings is 2. The maximum Gasteiger partial charge on any atom is 0.273 e. The van der Waals surface area contributed by atoms with E-state index >= 15 is 0 Å². The Kier molecular flexibility index (Phi) is 6.82. The highest BCUT2D eigenvalue weighted by Crippen LogP contribution is 2.10. The molecule has 3 aromatic rings. The highest BCUT2D eigenvalue weighted by Gasteiger charge is 2.25. The van der Waals surface area contributed by atoms with Crippen LogP contribution in [0.4, 0.5) is 4.39 Å². The van der Waals surface area contributed by atoms with Gasteiger partial charge in [0.25, 0.3) is 11.5 Å². The molecule has 168 valence electrons. The zero-order chi connectivity index (χ0) is 23.4. The van der Waals surface area contributed by atoms with Crippen LogP contribution in [0.1, 0.15) is 12.5 Å². The zero-order valence-electron chi connectivity index (χ0n) is 18.2. The predicted molar refractivity (Wildman–Crippen MR) is 127 cm³/mol. The minimum absolute atomic E-state index is 0.0842. The molecule has 4 rings (SSSR count). The van der Waals surface area contributed by atoms with E-state index in [-0.39, 0.29) is 15.8 Å². The first-order valence-electron chi connectivity index (χ1n) is 10.7. The van der Waals surface area contributed by atoms with Gasteiger partial charge in [-0.2, -0.15) is 5.26 Å². The number of carbonyl (C=O) groups excluding carboxylic acids is 1. The van der Waals surface area contributed by atoms with E-state index in [4.69, 9.17) is 0 Å². The number of thiazole rings is 1. The first-order chi connectivity index (χ1) is 16.0. The van der Waals surface area contributed by atoms with E-state index in [9.17, 15) is 19.2 Å². The molecule has 2 aromatic carbocycles. The first kappa shape index (κ1) is 22.6. The lowest BCUT2D eigenvalue weighted by atomic mass is 10.2. The molecule has 0 saturated carbocycles. The molecule has 0 bridgehead atoms. The number of hydrogen-bond acceptors (Lipinski definition) is 5. The summed E-state index contributed by atoms with van der Waals surface area (Å²) in [7, 11) is 0. The lowest BCUT2D eigenvalue weighted by Gasteiger charge is -2.33. The standard InChI is InChI=1S/C25H23FN4O2S/c1-2-28-12-14-29(15-13-28)23(31)21(17-27)25-30(20-10-8-19(26)9-11-20)24(32)22(33-25)16-18-6-4-3-5-7-18/h3-11,16H,2,12-15H2,1H3/b22-16+,25-21-. The number of carbonyl (C=O) groups is 1. The fraction of sp³-hybridized carbons (Fsp3) is 0.240. The van der Waals surface area contributed by atoms with Crippen LogP contribution in [0.3, 0.4) is 0 Å². The smallest absolute Gasteiger partial charge is 0.273 e. The molecular formula is C25H23FN4O2S. The summed E-state index contributed by atoms with van der Waals surface area (Å²) in [5.41, 5.74) is 0.784. The molecule has 1 aromatic heterocycles. The Labute approximate surface area is 194 Å². The van der Waals surface area contributed by atoms with Gasteiger partial charge in [-0.25, -0.2) is 4.39 Å². The Morgan fingerprint density at radius 3 is 2.36 bits per heavy atom. The van der Waals surface area contributed by atoms with E-state index in [1.165, 1.54) is 28.8 Å². The van der Waals surface area contributed by atoms with Crippen LogP contribution < -0.4 is 14.8 Å². The van der Waals surface area contributed by atoms with Gasteiger partial charge >= 0.3 is 0 Å². The molecule has 1 saturated heterocycles. The highest BCUT2D eigenvalue weighted by molar-refractivity contribution is 7.07. The summed E-state index contributed by atoms with van der Waals surface area (Å²) in [5.74, 6) is -0.828. The average molecular weight is 463 g/mol. The van der Waals surface area contributed by atoms with E-state index in [1.807, 2.05) is 36.4 Å². The van der Waals surface area contributed by atoms with Gasteiger partial charge in [0.05, 0.1) is 10.2 Å². The lowest BCUT2D eigenvalue weighted by Crippen LogP contribution is -2.49. The van der Waals surface area contributed by atoms with Crippen LogP contribution in [-0.2, 0) is 4.79 Å². The van der Waals surface area contributed by atoms with Crippen molar-refractivity contribution in [2.24, 2.45) is 0 Å². The number of halogens is 1. The van der Waals surface area contributed by atoms with E-state index in [0.717, 1.165) is 36.5 Å². The van der Waals surface area contributed by atoms with Crippen molar-refractivity contribution in [3.05, 3.63) is 85.5 Å². The molecular weight excluding hydrogens is 439 g/mol. The Balaban J connectivity index is 1.91. The summed E-state index contributed by atoms with van der Waals surface area (Å²) in [4.78, 5) is 30.6. The molecule has 0 atom stereocenters.